The van der Waals surface area contributed by atoms with Gasteiger partial charge in [0, 0.05) is 38.3 Å². The number of aromatic hydroxyl groups is 1. The van der Waals surface area contributed by atoms with Gasteiger partial charge in [-0.1, -0.05) is 48.5 Å². The van der Waals surface area contributed by atoms with Crippen molar-refractivity contribution in [1.29, 1.82) is 0 Å². The van der Waals surface area contributed by atoms with Crippen LogP contribution in [0, 0.1) is 0 Å². The monoisotopic (exact) mass is 1050 g/mol. The quantitative estimate of drug-likeness (QED) is 0.0725. The number of azo groups is 3. The predicted molar refractivity (Wildman–Crippen MR) is 234 cm³/mol. The molecule has 8 aromatic rings. The molecule has 0 aliphatic heterocycles. The molecule has 8 rings (SSSR count). The van der Waals surface area contributed by atoms with Crippen LogP contribution in [0.1, 0.15) is 0 Å². The Balaban J connectivity index is 0.00000266. The van der Waals surface area contributed by atoms with E-state index in [0.717, 1.165) is 23.9 Å². The van der Waals surface area contributed by atoms with Crippen molar-refractivity contribution >= 4 is 118 Å². The van der Waals surface area contributed by atoms with Crippen molar-refractivity contribution in [3.63, 3.8) is 0 Å². The molecule has 0 aliphatic carbocycles. The van der Waals surface area contributed by atoms with Gasteiger partial charge < -0.3 is 28.6 Å². The van der Waals surface area contributed by atoms with Gasteiger partial charge in [-0.05, 0) is 96.4 Å². The number of benzene rings is 8. The number of para-hydroxylation sites is 1. The van der Waals surface area contributed by atoms with Crippen molar-refractivity contribution in [3.05, 3.63) is 140 Å². The summed E-state index contributed by atoms with van der Waals surface area (Å²) in [6, 6.07) is 31.7. The maximum Gasteiger partial charge on any atom is 1.00 e. The summed E-state index contributed by atoms with van der Waals surface area (Å²) in [7, 11) is -20.6. The fraction of sp³-hybridized carbons (Fsp3) is 0. The van der Waals surface area contributed by atoms with Crippen LogP contribution in [-0.2, 0) is 40.5 Å². The normalized spacial score (nSPS) is 12.2. The topological polar surface area (TPSA) is 335 Å². The van der Waals surface area contributed by atoms with Gasteiger partial charge in [0.15, 0.2) is 5.75 Å². The number of nitrogens with one attached hydrogen (secondary N) is 1. The van der Waals surface area contributed by atoms with Crippen LogP contribution >= 0.6 is 0 Å². The van der Waals surface area contributed by atoms with Crippen molar-refractivity contribution in [1.82, 2.24) is 0 Å². The molecular weight excluding hydrogens is 1030 g/mol. The van der Waals surface area contributed by atoms with Gasteiger partial charge in [-0.15, -0.1) is 30.7 Å². The van der Waals surface area contributed by atoms with Crippen molar-refractivity contribution < 1.29 is 175 Å². The molecule has 0 heterocycles. The van der Waals surface area contributed by atoms with Gasteiger partial charge in [-0.3, -0.25) is 0 Å². The van der Waals surface area contributed by atoms with Gasteiger partial charge in [0.05, 0.1) is 42.3 Å². The molecule has 0 atom stereocenters. The predicted octanol–water partition coefficient (Wildman–Crippen LogP) is -2.53. The zero-order chi connectivity index (χ0) is 47.2. The molecule has 0 spiro atoms. The minimum Gasteiger partial charge on any atom is -0.744 e. The summed E-state index contributed by atoms with van der Waals surface area (Å²) in [5.74, 6) is -0.671. The summed E-state index contributed by atoms with van der Waals surface area (Å²) in [5, 5.41) is 40.2. The summed E-state index contributed by atoms with van der Waals surface area (Å²) < 4.78 is 144. The van der Waals surface area contributed by atoms with E-state index in [0.29, 0.717) is 34.7 Å². The molecule has 334 valence electrons. The molecule has 0 radical (unpaired) electrons. The zero-order valence-electron chi connectivity index (χ0n) is 36.9. The average Bonchev–Trinajstić information content (AvgIpc) is 3.26. The van der Waals surface area contributed by atoms with Crippen molar-refractivity contribution in [2.75, 3.05) is 5.32 Å². The van der Waals surface area contributed by atoms with E-state index >= 15 is 0 Å². The number of nitrogens with zero attached hydrogens (tertiary/aromatic N) is 6. The average molecular weight is 1060 g/mol. The van der Waals surface area contributed by atoms with Gasteiger partial charge >= 0.3 is 118 Å². The third-order valence-electron chi connectivity index (χ3n) is 9.77. The zero-order valence-corrected chi connectivity index (χ0v) is 48.2. The van der Waals surface area contributed by atoms with Crippen LogP contribution < -0.4 is 124 Å². The minimum absolute atomic E-state index is 0. The molecule has 2 N–H and O–H groups in total. The number of fused-ring (bicyclic) bond motifs is 3. The smallest absolute Gasteiger partial charge is 0.744 e. The first-order valence-corrected chi connectivity index (χ1v) is 24.2. The van der Waals surface area contributed by atoms with E-state index in [4.69, 9.17) is 0 Å². The molecule has 0 aliphatic rings. The van der Waals surface area contributed by atoms with Crippen molar-refractivity contribution in [2.24, 2.45) is 30.7 Å². The summed E-state index contributed by atoms with van der Waals surface area (Å²) in [6.45, 7) is 0. The van der Waals surface area contributed by atoms with Crippen LogP contribution in [0.25, 0.3) is 32.3 Å². The third kappa shape index (κ3) is 13.4. The largest absolute Gasteiger partial charge is 1.00 e. The fourth-order valence-electron chi connectivity index (χ4n) is 6.73. The maximum absolute atomic E-state index is 12.5. The summed E-state index contributed by atoms with van der Waals surface area (Å²) in [4.78, 5) is -3.32. The first-order valence-electron chi connectivity index (χ1n) is 18.6. The molecule has 70 heavy (non-hydrogen) atoms. The van der Waals surface area contributed by atoms with Gasteiger partial charge in [-0.25, -0.2) is 33.7 Å². The number of hydrogen-bond acceptors (Lipinski definition) is 20. The number of hydrogen-bond donors (Lipinski definition) is 2. The van der Waals surface area contributed by atoms with Crippen molar-refractivity contribution in [3.8, 4) is 5.75 Å². The van der Waals surface area contributed by atoms with Crippen LogP contribution in [0.5, 0.6) is 5.75 Å². The molecular formula is C42H25N7Na4O13S4. The van der Waals surface area contributed by atoms with Crippen LogP contribution in [0.3, 0.4) is 0 Å². The summed E-state index contributed by atoms with van der Waals surface area (Å²) in [6.07, 6.45) is 0. The van der Waals surface area contributed by atoms with E-state index in [-0.39, 0.29) is 163 Å². The third-order valence-corrected chi connectivity index (χ3v) is 13.2. The van der Waals surface area contributed by atoms with Crippen LogP contribution in [0.15, 0.2) is 190 Å². The molecule has 0 bridgehead atoms. The van der Waals surface area contributed by atoms with E-state index in [1.165, 1.54) is 42.5 Å². The molecule has 0 aromatic heterocycles. The van der Waals surface area contributed by atoms with Gasteiger partial charge in [0.2, 0.25) is 0 Å². The fourth-order valence-corrected chi connectivity index (χ4v) is 8.96. The van der Waals surface area contributed by atoms with E-state index in [1.54, 1.807) is 54.6 Å². The molecule has 20 nitrogen and oxygen atoms in total. The van der Waals surface area contributed by atoms with E-state index < -0.39 is 77.2 Å². The van der Waals surface area contributed by atoms with E-state index in [2.05, 4.69) is 36.0 Å². The molecule has 28 heteroatoms. The summed E-state index contributed by atoms with van der Waals surface area (Å²) >= 11 is 0. The Bertz CT molecular complexity index is 3890. The Hall–Kier alpha value is -3.42. The molecule has 0 saturated heterocycles. The summed E-state index contributed by atoms with van der Waals surface area (Å²) in [5.41, 5.74) is 0.0863. The van der Waals surface area contributed by atoms with E-state index in [9.17, 15) is 57.0 Å². The minimum atomic E-state index is -5.26. The van der Waals surface area contributed by atoms with Crippen molar-refractivity contribution in [2.45, 2.75) is 19.6 Å². The SMILES string of the molecule is O=S(=O)([O-])c1ccc(S(=O)(=O)[O-])c(N=Nc2ccc(N=Nc3ccc(N=Nc4c(S(=O)(=O)[O-])cc5cc(Nc6ccccc6)ccc5c4O)c4ccc(S(=O)(=O)[O-])cc34)c3ccccc23)c1.[Na+].[Na+].[Na+].[Na+]. The van der Waals surface area contributed by atoms with Crippen LogP contribution in [0.4, 0.5) is 45.5 Å². The number of phenolic OH excluding ortho intramolecular Hbond substituents is 1. The molecule has 0 amide bonds. The van der Waals surface area contributed by atoms with Crippen LogP contribution in [-0.4, -0.2) is 57.0 Å². The Labute approximate surface area is 488 Å². The second-order valence-corrected chi connectivity index (χ2v) is 19.5. The molecule has 0 saturated carbocycles. The standard InChI is InChI=1S/C42H29N7O13S4.4Na/c50-42-29-13-10-26(43-25-6-2-1-3-7-25)20-24(29)21-40(66(60,61)62)41(42)49-47-36-17-18-37(33-22-27(63(51,52)53)11-14-32(33)36)46-44-34-15-16-35(31-9-5-4-8-30(31)34)45-48-38-23-28(64(54,55)56)12-19-39(38)65(57,58)59;;;;/h1-23,43,50H,(H,51,52,53)(H,54,55,56)(H,57,58,59)(H,60,61,62);;;;/q;4*+1/p-4. The Kier molecular flexibility index (Phi) is 20.0. The number of anilines is 2. The number of rotatable bonds is 12. The first kappa shape index (κ1) is 59.1. The Morgan fingerprint density at radius 3 is 1.34 bits per heavy atom. The maximum atomic E-state index is 12.5. The molecule has 0 unspecified atom stereocenters. The van der Waals surface area contributed by atoms with Gasteiger partial charge in [0.25, 0.3) is 0 Å². The van der Waals surface area contributed by atoms with E-state index in [1.807, 2.05) is 6.07 Å². The molecule has 8 aromatic carbocycles. The Morgan fingerprint density at radius 1 is 0.371 bits per heavy atom. The number of phenols is 1. The van der Waals surface area contributed by atoms with Gasteiger partial charge in [0.1, 0.15) is 51.8 Å². The van der Waals surface area contributed by atoms with Crippen LogP contribution in [0.2, 0.25) is 0 Å². The molecule has 0 fully saturated rings. The van der Waals surface area contributed by atoms with Gasteiger partial charge in [-0.2, -0.15) is 0 Å². The first-order chi connectivity index (χ1) is 31.1. The second kappa shape index (κ2) is 23.6. The Morgan fingerprint density at radius 2 is 0.814 bits per heavy atom. The second-order valence-electron chi connectivity index (χ2n) is 14.0.